The van der Waals surface area contributed by atoms with Crippen LogP contribution >= 0.6 is 0 Å². The second kappa shape index (κ2) is 6.64. The van der Waals surface area contributed by atoms with Crippen molar-refractivity contribution in [3.8, 4) is 0 Å². The second-order valence-corrected chi connectivity index (χ2v) is 6.86. The standard InChI is InChI=1S/C18H19N9O/c1-24-16-14(10-21-24)17(20-11-19-16)26-8-6-25(7-9-26)12-27-18(28)13-4-2-3-5-15(13)22-23-27/h2-5,10-11H,6-9,12H2,1H3. The van der Waals surface area contributed by atoms with E-state index >= 15 is 0 Å². The Kier molecular flexibility index (Phi) is 3.97. The highest BCUT2D eigenvalue weighted by molar-refractivity contribution is 5.86. The van der Waals surface area contributed by atoms with E-state index in [1.807, 2.05) is 19.2 Å². The van der Waals surface area contributed by atoms with Crippen LogP contribution in [0.25, 0.3) is 21.9 Å². The molecule has 4 heterocycles. The van der Waals surface area contributed by atoms with E-state index in [1.54, 1.807) is 29.3 Å². The third-order valence-corrected chi connectivity index (χ3v) is 5.14. The number of rotatable bonds is 3. The van der Waals surface area contributed by atoms with E-state index in [0.29, 0.717) is 17.6 Å². The minimum atomic E-state index is -0.110. The monoisotopic (exact) mass is 377 g/mol. The fourth-order valence-electron chi connectivity index (χ4n) is 3.61. The van der Waals surface area contributed by atoms with Crippen molar-refractivity contribution in [3.05, 3.63) is 47.1 Å². The number of hydrogen-bond donors (Lipinski definition) is 0. The van der Waals surface area contributed by atoms with Crippen LogP contribution in [0.15, 0.2) is 41.6 Å². The van der Waals surface area contributed by atoms with E-state index in [1.165, 1.54) is 4.68 Å². The molecular weight excluding hydrogens is 358 g/mol. The number of nitrogens with zero attached hydrogens (tertiary/aromatic N) is 9. The predicted octanol–water partition coefficient (Wildman–Crippen LogP) is 0.248. The van der Waals surface area contributed by atoms with Crippen LogP contribution < -0.4 is 10.5 Å². The van der Waals surface area contributed by atoms with Crippen LogP contribution in [-0.4, -0.2) is 65.8 Å². The van der Waals surface area contributed by atoms with Gasteiger partial charge in [-0.05, 0) is 12.1 Å². The van der Waals surface area contributed by atoms with E-state index in [-0.39, 0.29) is 5.56 Å². The summed E-state index contributed by atoms with van der Waals surface area (Å²) in [5, 5.41) is 14.1. The second-order valence-electron chi connectivity index (χ2n) is 6.86. The fourth-order valence-corrected chi connectivity index (χ4v) is 3.61. The van der Waals surface area contributed by atoms with Crippen molar-refractivity contribution in [2.24, 2.45) is 7.05 Å². The zero-order valence-electron chi connectivity index (χ0n) is 15.4. The Hall–Kier alpha value is -3.40. The molecule has 1 aliphatic heterocycles. The Bertz CT molecular complexity index is 1210. The predicted molar refractivity (Wildman–Crippen MR) is 104 cm³/mol. The van der Waals surface area contributed by atoms with Gasteiger partial charge in [-0.2, -0.15) is 9.78 Å². The van der Waals surface area contributed by atoms with E-state index in [2.05, 4.69) is 35.2 Å². The number of hydrogen-bond acceptors (Lipinski definition) is 8. The molecule has 0 N–H and O–H groups in total. The molecule has 10 nitrogen and oxygen atoms in total. The Balaban J connectivity index is 1.32. The molecule has 5 rings (SSSR count). The van der Waals surface area contributed by atoms with Crippen molar-refractivity contribution in [2.75, 3.05) is 31.1 Å². The van der Waals surface area contributed by atoms with E-state index in [9.17, 15) is 4.79 Å². The maximum absolute atomic E-state index is 12.6. The molecule has 4 aromatic rings. The zero-order valence-corrected chi connectivity index (χ0v) is 15.4. The SMILES string of the molecule is Cn1ncc2c(N3CCN(Cn4nnc5ccccc5c4=O)CC3)ncnc21. The molecule has 1 aliphatic rings. The zero-order chi connectivity index (χ0) is 19.1. The van der Waals surface area contributed by atoms with Crippen molar-refractivity contribution in [3.63, 3.8) is 0 Å². The summed E-state index contributed by atoms with van der Waals surface area (Å²) in [6.07, 6.45) is 3.39. The van der Waals surface area contributed by atoms with Crippen molar-refractivity contribution in [1.82, 2.24) is 39.6 Å². The normalized spacial score (nSPS) is 15.5. The largest absolute Gasteiger partial charge is 0.353 e. The Morgan fingerprint density at radius 1 is 1.04 bits per heavy atom. The molecule has 0 radical (unpaired) electrons. The van der Waals surface area contributed by atoms with Crippen molar-refractivity contribution in [1.29, 1.82) is 0 Å². The van der Waals surface area contributed by atoms with Gasteiger partial charge in [0.1, 0.15) is 17.7 Å². The van der Waals surface area contributed by atoms with Crippen molar-refractivity contribution >= 4 is 27.8 Å². The first-order valence-corrected chi connectivity index (χ1v) is 9.13. The van der Waals surface area contributed by atoms with Crippen molar-refractivity contribution < 1.29 is 0 Å². The first-order chi connectivity index (χ1) is 13.7. The molecule has 0 saturated carbocycles. The third kappa shape index (κ3) is 2.78. The van der Waals surface area contributed by atoms with E-state index < -0.39 is 0 Å². The lowest BCUT2D eigenvalue weighted by atomic mass is 10.2. The summed E-state index contributed by atoms with van der Waals surface area (Å²) in [5.74, 6) is 0.903. The Labute approximate surface area is 160 Å². The number of aromatic nitrogens is 7. The fraction of sp³-hybridized carbons (Fsp3) is 0.333. The summed E-state index contributed by atoms with van der Waals surface area (Å²) < 4.78 is 3.18. The van der Waals surface area contributed by atoms with Gasteiger partial charge in [0, 0.05) is 33.2 Å². The smallest absolute Gasteiger partial charge is 0.278 e. The van der Waals surface area contributed by atoms with Crippen LogP contribution in [0.1, 0.15) is 0 Å². The van der Waals surface area contributed by atoms with Gasteiger partial charge in [-0.1, -0.05) is 17.3 Å². The van der Waals surface area contributed by atoms with Crippen LogP contribution in [0, 0.1) is 0 Å². The van der Waals surface area contributed by atoms with Gasteiger partial charge < -0.3 is 4.90 Å². The van der Waals surface area contributed by atoms with Gasteiger partial charge in [0.15, 0.2) is 5.65 Å². The molecular formula is C18H19N9O. The number of aryl methyl sites for hydroxylation is 1. The molecule has 0 unspecified atom stereocenters. The molecule has 28 heavy (non-hydrogen) atoms. The molecule has 142 valence electrons. The molecule has 0 amide bonds. The maximum Gasteiger partial charge on any atom is 0.278 e. The van der Waals surface area contributed by atoms with Crippen LogP contribution in [-0.2, 0) is 13.7 Å². The number of benzene rings is 1. The maximum atomic E-state index is 12.6. The minimum absolute atomic E-state index is 0.110. The molecule has 1 aromatic carbocycles. The van der Waals surface area contributed by atoms with E-state index in [0.717, 1.165) is 43.0 Å². The lowest BCUT2D eigenvalue weighted by Gasteiger charge is -2.35. The summed E-state index contributed by atoms with van der Waals surface area (Å²) in [7, 11) is 1.87. The molecule has 10 heteroatoms. The highest BCUT2D eigenvalue weighted by atomic mass is 16.1. The molecule has 3 aromatic heterocycles. The van der Waals surface area contributed by atoms with Gasteiger partial charge in [0.05, 0.1) is 23.6 Å². The average molecular weight is 377 g/mol. The van der Waals surface area contributed by atoms with Crippen LogP contribution in [0.4, 0.5) is 5.82 Å². The summed E-state index contributed by atoms with van der Waals surface area (Å²) in [5.41, 5.74) is 1.34. The number of piperazine rings is 1. The molecule has 0 atom stereocenters. The summed E-state index contributed by atoms with van der Waals surface area (Å²) in [6, 6.07) is 7.28. The average Bonchev–Trinajstić information content (AvgIpc) is 3.12. The first kappa shape index (κ1) is 16.8. The van der Waals surface area contributed by atoms with Crippen LogP contribution in [0.3, 0.4) is 0 Å². The van der Waals surface area contributed by atoms with Crippen LogP contribution in [0.5, 0.6) is 0 Å². The lowest BCUT2D eigenvalue weighted by Crippen LogP contribution is -2.48. The van der Waals surface area contributed by atoms with Gasteiger partial charge in [-0.3, -0.25) is 14.4 Å². The van der Waals surface area contributed by atoms with E-state index in [4.69, 9.17) is 0 Å². The Morgan fingerprint density at radius 2 is 1.86 bits per heavy atom. The van der Waals surface area contributed by atoms with Crippen LogP contribution in [0.2, 0.25) is 0 Å². The minimum Gasteiger partial charge on any atom is -0.353 e. The molecule has 1 saturated heterocycles. The summed E-state index contributed by atoms with van der Waals surface area (Å²) in [4.78, 5) is 25.8. The van der Waals surface area contributed by atoms with Gasteiger partial charge in [0.25, 0.3) is 5.56 Å². The highest BCUT2D eigenvalue weighted by Crippen LogP contribution is 2.23. The highest BCUT2D eigenvalue weighted by Gasteiger charge is 2.21. The summed E-state index contributed by atoms with van der Waals surface area (Å²) in [6.45, 7) is 3.63. The third-order valence-electron chi connectivity index (χ3n) is 5.14. The van der Waals surface area contributed by atoms with Gasteiger partial charge in [-0.15, -0.1) is 5.10 Å². The quantitative estimate of drug-likeness (QED) is 0.501. The Morgan fingerprint density at radius 3 is 2.71 bits per heavy atom. The molecule has 0 aliphatic carbocycles. The number of fused-ring (bicyclic) bond motifs is 2. The first-order valence-electron chi connectivity index (χ1n) is 9.13. The van der Waals surface area contributed by atoms with Gasteiger partial charge in [0.2, 0.25) is 0 Å². The topological polar surface area (TPSA) is 97.9 Å². The lowest BCUT2D eigenvalue weighted by molar-refractivity contribution is 0.189. The van der Waals surface area contributed by atoms with Crippen molar-refractivity contribution in [2.45, 2.75) is 6.67 Å². The molecule has 0 spiro atoms. The van der Waals surface area contributed by atoms with Gasteiger partial charge >= 0.3 is 0 Å². The number of anilines is 1. The summed E-state index contributed by atoms with van der Waals surface area (Å²) >= 11 is 0. The molecule has 0 bridgehead atoms. The molecule has 1 fully saturated rings. The van der Waals surface area contributed by atoms with Gasteiger partial charge in [-0.25, -0.2) is 9.97 Å².